The molecular weight excluding hydrogens is 312 g/mol. The summed E-state index contributed by atoms with van der Waals surface area (Å²) in [5.74, 6) is 0. The maximum Gasteiger partial charge on any atom is 0.407 e. The zero-order valence-corrected chi connectivity index (χ0v) is 13.0. The number of carbonyl (C=O) groups is 1. The van der Waals surface area contributed by atoms with Crippen LogP contribution in [0.4, 0.5) is 4.79 Å². The van der Waals surface area contributed by atoms with E-state index in [2.05, 4.69) is 15.1 Å². The Hall–Kier alpha value is -3.10. The fraction of sp³-hybridized carbons (Fsp3) is 0.333. The Balaban J connectivity index is 1.67. The van der Waals surface area contributed by atoms with Crippen molar-refractivity contribution < 1.29 is 14.6 Å². The molecule has 124 valence electrons. The number of imidazole rings is 1. The molecule has 24 heavy (non-hydrogen) atoms. The van der Waals surface area contributed by atoms with Crippen molar-refractivity contribution >= 4 is 11.7 Å². The quantitative estimate of drug-likeness (QED) is 0.777. The zero-order valence-electron chi connectivity index (χ0n) is 13.0. The number of ether oxygens (including phenoxy) is 1. The summed E-state index contributed by atoms with van der Waals surface area (Å²) in [5.41, 5.74) is 2.29. The van der Waals surface area contributed by atoms with Crippen LogP contribution in [0, 0.1) is 0 Å². The van der Waals surface area contributed by atoms with Crippen LogP contribution in [0.1, 0.15) is 6.42 Å². The summed E-state index contributed by atoms with van der Waals surface area (Å²) < 4.78 is 9.43. The predicted molar refractivity (Wildman–Crippen MR) is 83.8 cm³/mol. The first kappa shape index (κ1) is 14.5. The molecule has 0 bridgehead atoms. The lowest BCUT2D eigenvalue weighted by Gasteiger charge is -2.15. The molecule has 3 aromatic rings. The molecule has 1 atom stereocenters. The highest BCUT2D eigenvalue weighted by Crippen LogP contribution is 2.24. The number of hydrogen-bond acceptors (Lipinski definition) is 5. The maximum absolute atomic E-state index is 11.0. The average Bonchev–Trinajstić information content (AvgIpc) is 3.26. The van der Waals surface area contributed by atoms with E-state index < -0.39 is 6.09 Å². The minimum absolute atomic E-state index is 0.219. The molecule has 1 fully saturated rings. The molecule has 1 aliphatic rings. The van der Waals surface area contributed by atoms with Crippen LogP contribution in [0.25, 0.3) is 16.9 Å². The maximum atomic E-state index is 11.0. The smallest absolute Gasteiger partial charge is 0.407 e. The van der Waals surface area contributed by atoms with Gasteiger partial charge in [0.2, 0.25) is 0 Å². The summed E-state index contributed by atoms with van der Waals surface area (Å²) in [6, 6.07) is 2.27. The van der Waals surface area contributed by atoms with Crippen LogP contribution in [0.15, 0.2) is 30.9 Å². The van der Waals surface area contributed by atoms with Crippen molar-refractivity contribution in [2.45, 2.75) is 12.5 Å². The third kappa shape index (κ3) is 2.53. The molecule has 0 aromatic carbocycles. The molecule has 0 radical (unpaired) electrons. The third-order valence-corrected chi connectivity index (χ3v) is 4.05. The molecule has 1 aliphatic heterocycles. The number of likely N-dealkylation sites (tertiary alicyclic amines) is 1. The number of aromatic nitrogens is 5. The SMILES string of the molecule is Cn1cc(-c2cc3nccn3c(O[C@@H]3CCN(C(=O)O)C3)n2)cn1. The second-order valence-corrected chi connectivity index (χ2v) is 5.74. The standard InChI is InChI=1S/C15H16N6O3/c1-19-8-10(7-17-19)12-6-13-16-3-5-21(13)14(18-12)24-11-2-4-20(9-11)15(22)23/h3,5-8,11H,2,4,9H2,1H3,(H,22,23)/t11-/m1/s1. The van der Waals surface area contributed by atoms with Crippen molar-refractivity contribution in [1.82, 2.24) is 29.0 Å². The van der Waals surface area contributed by atoms with Gasteiger partial charge in [-0.05, 0) is 0 Å². The Kier molecular flexibility index (Phi) is 3.33. The Morgan fingerprint density at radius 2 is 2.33 bits per heavy atom. The van der Waals surface area contributed by atoms with E-state index in [0.29, 0.717) is 36.9 Å². The first-order valence-electron chi connectivity index (χ1n) is 7.58. The number of hydrogen-bond donors (Lipinski definition) is 1. The molecule has 4 rings (SSSR count). The van der Waals surface area contributed by atoms with Gasteiger partial charge in [0.1, 0.15) is 11.8 Å². The number of rotatable bonds is 3. The minimum Gasteiger partial charge on any atom is -0.465 e. The number of carboxylic acid groups (broad SMARTS) is 1. The number of aryl methyl sites for hydroxylation is 1. The van der Waals surface area contributed by atoms with Gasteiger partial charge in [-0.1, -0.05) is 0 Å². The summed E-state index contributed by atoms with van der Waals surface area (Å²) in [4.78, 5) is 21.3. The minimum atomic E-state index is -0.925. The van der Waals surface area contributed by atoms with Gasteiger partial charge in [0.25, 0.3) is 0 Å². The first-order chi connectivity index (χ1) is 11.6. The summed E-state index contributed by atoms with van der Waals surface area (Å²) in [6.07, 6.45) is 6.54. The largest absolute Gasteiger partial charge is 0.465 e. The molecule has 9 nitrogen and oxygen atoms in total. The van der Waals surface area contributed by atoms with Crippen molar-refractivity contribution in [3.63, 3.8) is 0 Å². The van der Waals surface area contributed by atoms with Gasteiger partial charge in [-0.3, -0.25) is 9.08 Å². The molecule has 1 N–H and O–H groups in total. The second-order valence-electron chi connectivity index (χ2n) is 5.74. The lowest BCUT2D eigenvalue weighted by molar-refractivity contribution is 0.142. The lowest BCUT2D eigenvalue weighted by atomic mass is 10.2. The Labute approximate surface area is 137 Å². The van der Waals surface area contributed by atoms with Crippen LogP contribution in [0.2, 0.25) is 0 Å². The van der Waals surface area contributed by atoms with E-state index in [1.165, 1.54) is 4.90 Å². The number of amides is 1. The van der Waals surface area contributed by atoms with Crippen molar-refractivity contribution in [2.24, 2.45) is 7.05 Å². The topological polar surface area (TPSA) is 97.8 Å². The van der Waals surface area contributed by atoms with E-state index in [0.717, 1.165) is 5.56 Å². The predicted octanol–water partition coefficient (Wildman–Crippen LogP) is 1.26. The second kappa shape index (κ2) is 5.52. The first-order valence-corrected chi connectivity index (χ1v) is 7.58. The molecule has 0 aliphatic carbocycles. The van der Waals surface area contributed by atoms with E-state index in [-0.39, 0.29) is 6.10 Å². The van der Waals surface area contributed by atoms with Gasteiger partial charge in [0.15, 0.2) is 0 Å². The van der Waals surface area contributed by atoms with Gasteiger partial charge in [-0.2, -0.15) is 10.1 Å². The molecule has 0 saturated carbocycles. The van der Waals surface area contributed by atoms with Crippen LogP contribution in [0.5, 0.6) is 6.01 Å². The Bertz CT molecular complexity index is 902. The lowest BCUT2D eigenvalue weighted by Crippen LogP contribution is -2.29. The number of fused-ring (bicyclic) bond motifs is 1. The van der Waals surface area contributed by atoms with Gasteiger partial charge in [-0.25, -0.2) is 9.78 Å². The van der Waals surface area contributed by atoms with E-state index in [9.17, 15) is 4.79 Å². The molecular formula is C15H16N6O3. The zero-order chi connectivity index (χ0) is 16.7. The normalized spacial score (nSPS) is 17.5. The van der Waals surface area contributed by atoms with Gasteiger partial charge in [0.05, 0.1) is 18.4 Å². The monoisotopic (exact) mass is 328 g/mol. The van der Waals surface area contributed by atoms with Gasteiger partial charge >= 0.3 is 12.1 Å². The van der Waals surface area contributed by atoms with Crippen LogP contribution in [-0.4, -0.2) is 59.4 Å². The highest BCUT2D eigenvalue weighted by atomic mass is 16.5. The van der Waals surface area contributed by atoms with Gasteiger partial charge < -0.3 is 14.7 Å². The van der Waals surface area contributed by atoms with Crippen LogP contribution < -0.4 is 4.74 Å². The van der Waals surface area contributed by atoms with Crippen molar-refractivity contribution in [3.8, 4) is 17.3 Å². The van der Waals surface area contributed by atoms with Crippen LogP contribution in [0.3, 0.4) is 0 Å². The fourth-order valence-corrected chi connectivity index (χ4v) is 2.83. The molecule has 1 saturated heterocycles. The Morgan fingerprint density at radius 1 is 1.46 bits per heavy atom. The molecule has 3 aromatic heterocycles. The highest BCUT2D eigenvalue weighted by Gasteiger charge is 2.28. The third-order valence-electron chi connectivity index (χ3n) is 4.05. The fourth-order valence-electron chi connectivity index (χ4n) is 2.83. The molecule has 4 heterocycles. The van der Waals surface area contributed by atoms with Gasteiger partial charge in [0, 0.05) is 50.2 Å². The molecule has 9 heteroatoms. The summed E-state index contributed by atoms with van der Waals surface area (Å²) in [6.45, 7) is 0.805. The summed E-state index contributed by atoms with van der Waals surface area (Å²) >= 11 is 0. The van der Waals surface area contributed by atoms with Crippen molar-refractivity contribution in [3.05, 3.63) is 30.9 Å². The van der Waals surface area contributed by atoms with E-state index in [1.54, 1.807) is 27.7 Å². The summed E-state index contributed by atoms with van der Waals surface area (Å²) in [7, 11) is 1.84. The molecule has 1 amide bonds. The summed E-state index contributed by atoms with van der Waals surface area (Å²) in [5, 5.41) is 13.2. The van der Waals surface area contributed by atoms with E-state index in [4.69, 9.17) is 9.84 Å². The van der Waals surface area contributed by atoms with Crippen LogP contribution in [-0.2, 0) is 7.05 Å². The molecule has 0 unspecified atom stereocenters. The number of nitrogens with zero attached hydrogens (tertiary/aromatic N) is 6. The van der Waals surface area contributed by atoms with Crippen molar-refractivity contribution in [2.75, 3.05) is 13.1 Å². The van der Waals surface area contributed by atoms with E-state index in [1.807, 2.05) is 19.3 Å². The van der Waals surface area contributed by atoms with Gasteiger partial charge in [-0.15, -0.1) is 0 Å². The highest BCUT2D eigenvalue weighted by molar-refractivity contribution is 5.65. The average molecular weight is 328 g/mol. The Morgan fingerprint density at radius 3 is 3.04 bits per heavy atom. The molecule has 0 spiro atoms. The van der Waals surface area contributed by atoms with Crippen molar-refractivity contribution in [1.29, 1.82) is 0 Å². The van der Waals surface area contributed by atoms with Crippen LogP contribution >= 0.6 is 0 Å². The van der Waals surface area contributed by atoms with E-state index >= 15 is 0 Å².